The summed E-state index contributed by atoms with van der Waals surface area (Å²) < 4.78 is 0.939. The molecule has 0 atom stereocenters. The lowest BCUT2D eigenvalue weighted by Gasteiger charge is -2.02. The molecule has 2 aromatic rings. The van der Waals surface area contributed by atoms with Crippen LogP contribution in [0.4, 0.5) is 0 Å². The second-order valence-electron chi connectivity index (χ2n) is 3.47. The number of rotatable bonds is 5. The Hall–Kier alpha value is -0.980. The topological polar surface area (TPSA) is 50.7 Å². The summed E-state index contributed by atoms with van der Waals surface area (Å²) in [5, 5.41) is 13.3. The standard InChI is InChI=1S/C11H14N4S2/c1-3-12-6-9-4-5-10(13-7-9)17-11-15-14-8(2)16-11/h4-5,7,12H,3,6H2,1-2H3. The molecule has 0 aliphatic rings. The summed E-state index contributed by atoms with van der Waals surface area (Å²) in [5.74, 6) is 0. The Morgan fingerprint density at radius 1 is 1.35 bits per heavy atom. The quantitative estimate of drug-likeness (QED) is 0.901. The highest BCUT2D eigenvalue weighted by Gasteiger charge is 2.04. The first-order valence-electron chi connectivity index (χ1n) is 5.41. The van der Waals surface area contributed by atoms with Gasteiger partial charge >= 0.3 is 0 Å². The summed E-state index contributed by atoms with van der Waals surface area (Å²) in [4.78, 5) is 4.40. The number of nitrogens with one attached hydrogen (secondary N) is 1. The van der Waals surface area contributed by atoms with Gasteiger partial charge in [0.2, 0.25) is 0 Å². The Kier molecular flexibility index (Phi) is 4.47. The van der Waals surface area contributed by atoms with Crippen LogP contribution < -0.4 is 5.32 Å². The molecular weight excluding hydrogens is 252 g/mol. The van der Waals surface area contributed by atoms with Gasteiger partial charge in [-0.25, -0.2) is 4.98 Å². The number of aryl methyl sites for hydroxylation is 1. The minimum absolute atomic E-state index is 0.867. The van der Waals surface area contributed by atoms with E-state index in [1.807, 2.05) is 19.2 Å². The van der Waals surface area contributed by atoms with E-state index in [-0.39, 0.29) is 0 Å². The van der Waals surface area contributed by atoms with Crippen molar-refractivity contribution in [2.24, 2.45) is 0 Å². The lowest BCUT2D eigenvalue weighted by molar-refractivity contribution is 0.723. The molecule has 2 rings (SSSR count). The van der Waals surface area contributed by atoms with E-state index in [4.69, 9.17) is 0 Å². The van der Waals surface area contributed by atoms with E-state index < -0.39 is 0 Å². The number of aromatic nitrogens is 3. The zero-order valence-electron chi connectivity index (χ0n) is 9.80. The molecule has 2 aromatic heterocycles. The highest BCUT2D eigenvalue weighted by Crippen LogP contribution is 2.28. The fourth-order valence-corrected chi connectivity index (χ4v) is 2.96. The van der Waals surface area contributed by atoms with Gasteiger partial charge in [-0.2, -0.15) is 0 Å². The third-order valence-electron chi connectivity index (χ3n) is 2.08. The third-order valence-corrected chi connectivity index (χ3v) is 3.92. The van der Waals surface area contributed by atoms with Crippen LogP contribution in [0.3, 0.4) is 0 Å². The predicted octanol–water partition coefficient (Wildman–Crippen LogP) is 2.50. The average molecular weight is 266 g/mol. The van der Waals surface area contributed by atoms with Crippen molar-refractivity contribution in [2.75, 3.05) is 6.54 Å². The van der Waals surface area contributed by atoms with E-state index in [9.17, 15) is 0 Å². The summed E-state index contributed by atoms with van der Waals surface area (Å²) in [7, 11) is 0. The van der Waals surface area contributed by atoms with Crippen LogP contribution in [0.1, 0.15) is 17.5 Å². The van der Waals surface area contributed by atoms with E-state index in [0.29, 0.717) is 0 Å². The third kappa shape index (κ3) is 3.76. The normalized spacial score (nSPS) is 10.7. The maximum Gasteiger partial charge on any atom is 0.180 e. The average Bonchev–Trinajstić information content (AvgIpc) is 2.74. The smallest absolute Gasteiger partial charge is 0.180 e. The Labute approximate surface area is 109 Å². The molecule has 0 aliphatic carbocycles. The second-order valence-corrected chi connectivity index (χ2v) is 5.92. The molecule has 90 valence electrons. The van der Waals surface area contributed by atoms with Crippen molar-refractivity contribution in [3.63, 3.8) is 0 Å². The van der Waals surface area contributed by atoms with Gasteiger partial charge in [-0.1, -0.05) is 24.3 Å². The first-order chi connectivity index (χ1) is 8.28. The van der Waals surface area contributed by atoms with Gasteiger partial charge in [-0.05, 0) is 36.9 Å². The van der Waals surface area contributed by atoms with Crippen LogP contribution in [-0.4, -0.2) is 21.7 Å². The Morgan fingerprint density at radius 2 is 2.24 bits per heavy atom. The molecule has 4 nitrogen and oxygen atoms in total. The van der Waals surface area contributed by atoms with E-state index in [1.54, 1.807) is 23.1 Å². The molecule has 0 saturated heterocycles. The van der Waals surface area contributed by atoms with Gasteiger partial charge < -0.3 is 5.32 Å². The van der Waals surface area contributed by atoms with Gasteiger partial charge in [0.25, 0.3) is 0 Å². The van der Waals surface area contributed by atoms with Crippen LogP contribution in [0.25, 0.3) is 0 Å². The van der Waals surface area contributed by atoms with E-state index in [0.717, 1.165) is 27.5 Å². The number of hydrogen-bond donors (Lipinski definition) is 1. The van der Waals surface area contributed by atoms with Gasteiger partial charge in [0, 0.05) is 12.7 Å². The van der Waals surface area contributed by atoms with Crippen LogP contribution in [0.2, 0.25) is 0 Å². The number of nitrogens with zero attached hydrogens (tertiary/aromatic N) is 3. The van der Waals surface area contributed by atoms with Crippen LogP contribution in [0.15, 0.2) is 27.7 Å². The van der Waals surface area contributed by atoms with Crippen molar-refractivity contribution in [2.45, 2.75) is 29.8 Å². The number of hydrogen-bond acceptors (Lipinski definition) is 6. The zero-order chi connectivity index (χ0) is 12.1. The summed E-state index contributed by atoms with van der Waals surface area (Å²) >= 11 is 3.14. The first kappa shape index (κ1) is 12.5. The van der Waals surface area contributed by atoms with Gasteiger partial charge in [-0.15, -0.1) is 10.2 Å². The Balaban J connectivity index is 1.98. The van der Waals surface area contributed by atoms with Crippen molar-refractivity contribution < 1.29 is 0 Å². The minimum atomic E-state index is 0.867. The van der Waals surface area contributed by atoms with Crippen molar-refractivity contribution in [1.29, 1.82) is 0 Å². The van der Waals surface area contributed by atoms with Crippen LogP contribution in [0.5, 0.6) is 0 Å². The zero-order valence-corrected chi connectivity index (χ0v) is 11.4. The molecule has 1 N–H and O–H groups in total. The molecule has 6 heteroatoms. The molecule has 0 radical (unpaired) electrons. The van der Waals surface area contributed by atoms with E-state index >= 15 is 0 Å². The maximum absolute atomic E-state index is 4.40. The molecule has 0 fully saturated rings. The molecule has 0 bridgehead atoms. The molecule has 0 aromatic carbocycles. The second kappa shape index (κ2) is 6.09. The number of pyridine rings is 1. The summed E-state index contributed by atoms with van der Waals surface area (Å²) in [6.45, 7) is 5.89. The summed E-state index contributed by atoms with van der Waals surface area (Å²) in [5.41, 5.74) is 1.20. The first-order valence-corrected chi connectivity index (χ1v) is 7.05. The highest BCUT2D eigenvalue weighted by atomic mass is 32.2. The summed E-state index contributed by atoms with van der Waals surface area (Å²) in [6, 6.07) is 4.11. The van der Waals surface area contributed by atoms with E-state index in [2.05, 4.69) is 33.5 Å². The van der Waals surface area contributed by atoms with Crippen LogP contribution >= 0.6 is 23.1 Å². The van der Waals surface area contributed by atoms with Crippen molar-refractivity contribution in [1.82, 2.24) is 20.5 Å². The van der Waals surface area contributed by atoms with Crippen molar-refractivity contribution >= 4 is 23.1 Å². The predicted molar refractivity (Wildman–Crippen MR) is 70.4 cm³/mol. The maximum atomic E-state index is 4.40. The van der Waals surface area contributed by atoms with Crippen LogP contribution in [-0.2, 0) is 6.54 Å². The Bertz CT molecular complexity index is 467. The summed E-state index contributed by atoms with van der Waals surface area (Å²) in [6.07, 6.45) is 1.90. The fourth-order valence-electron chi connectivity index (χ4n) is 1.25. The van der Waals surface area contributed by atoms with E-state index in [1.165, 1.54) is 5.56 Å². The lowest BCUT2D eigenvalue weighted by Crippen LogP contribution is -2.11. The molecule has 17 heavy (non-hydrogen) atoms. The molecule has 2 heterocycles. The Morgan fingerprint density at radius 3 is 2.82 bits per heavy atom. The molecule has 0 saturated carbocycles. The van der Waals surface area contributed by atoms with Gasteiger partial charge in [0.1, 0.15) is 10.0 Å². The van der Waals surface area contributed by atoms with Crippen molar-refractivity contribution in [3.8, 4) is 0 Å². The van der Waals surface area contributed by atoms with Gasteiger partial charge in [0.15, 0.2) is 4.34 Å². The van der Waals surface area contributed by atoms with Crippen molar-refractivity contribution in [3.05, 3.63) is 28.9 Å². The highest BCUT2D eigenvalue weighted by molar-refractivity contribution is 8.01. The SMILES string of the molecule is CCNCc1ccc(Sc2nnc(C)s2)nc1. The fraction of sp³-hybridized carbons (Fsp3) is 0.364. The monoisotopic (exact) mass is 266 g/mol. The molecule has 0 unspecified atom stereocenters. The largest absolute Gasteiger partial charge is 0.313 e. The van der Waals surface area contributed by atoms with Crippen LogP contribution in [0, 0.1) is 6.92 Å². The van der Waals surface area contributed by atoms with Gasteiger partial charge in [0.05, 0.1) is 0 Å². The minimum Gasteiger partial charge on any atom is -0.313 e. The lowest BCUT2D eigenvalue weighted by atomic mass is 10.3. The molecule has 0 aliphatic heterocycles. The molecule has 0 amide bonds. The molecular formula is C11H14N4S2. The molecule has 0 spiro atoms. The van der Waals surface area contributed by atoms with Gasteiger partial charge in [-0.3, -0.25) is 0 Å².